The zero-order valence-electron chi connectivity index (χ0n) is 7.14. The molecule has 0 fully saturated rings. The van der Waals surface area contributed by atoms with Crippen molar-refractivity contribution in [3.8, 4) is 0 Å². The Morgan fingerprint density at radius 3 is 2.50 bits per heavy atom. The lowest BCUT2D eigenvalue weighted by Crippen LogP contribution is -2.37. The van der Waals surface area contributed by atoms with Gasteiger partial charge in [0.15, 0.2) is 0 Å². The Morgan fingerprint density at radius 2 is 2.07 bits per heavy atom. The molecule has 14 heavy (non-hydrogen) atoms. The van der Waals surface area contributed by atoms with Gasteiger partial charge in [-0.1, -0.05) is 61.7 Å². The van der Waals surface area contributed by atoms with Crippen molar-refractivity contribution in [2.45, 2.75) is 4.32 Å². The molecule has 5 heteroatoms. The Balaban J connectivity index is 3.26. The smallest absolute Gasteiger partial charge is 0.239 e. The predicted molar refractivity (Wildman–Crippen MR) is 65.0 cm³/mol. The summed E-state index contributed by atoms with van der Waals surface area (Å²) in [5.41, 5.74) is 5.98. The molecule has 0 radical (unpaired) electrons. The lowest BCUT2D eigenvalue weighted by atomic mass is 10.0. The highest BCUT2D eigenvalue weighted by molar-refractivity contribution is 9.12. The molecule has 1 rings (SSSR count). The van der Waals surface area contributed by atoms with Gasteiger partial charge >= 0.3 is 0 Å². The molecule has 0 aromatic heterocycles. The molecule has 0 heterocycles. The monoisotopic (exact) mass is 339 g/mol. The first-order valence-electron chi connectivity index (χ1n) is 3.82. The van der Waals surface area contributed by atoms with Crippen molar-refractivity contribution >= 4 is 49.4 Å². The van der Waals surface area contributed by atoms with Crippen molar-refractivity contribution in [1.82, 2.24) is 0 Å². The SMILES string of the molecule is NC(=O)C(Br)(CBr)c1ccccc1Cl. The Hall–Kier alpha value is -0.0600. The molecule has 0 aliphatic carbocycles. The van der Waals surface area contributed by atoms with E-state index < -0.39 is 10.2 Å². The summed E-state index contributed by atoms with van der Waals surface area (Å²) in [5.74, 6) is -0.470. The molecule has 1 amide bonds. The van der Waals surface area contributed by atoms with E-state index >= 15 is 0 Å². The summed E-state index contributed by atoms with van der Waals surface area (Å²) >= 11 is 12.5. The summed E-state index contributed by atoms with van der Waals surface area (Å²) in [6.45, 7) is 0. The van der Waals surface area contributed by atoms with Gasteiger partial charge in [0, 0.05) is 10.4 Å². The molecule has 1 unspecified atom stereocenters. The van der Waals surface area contributed by atoms with Crippen LogP contribution in [0.15, 0.2) is 24.3 Å². The van der Waals surface area contributed by atoms with Crippen LogP contribution < -0.4 is 5.73 Å². The third-order valence-corrected chi connectivity index (χ3v) is 4.90. The van der Waals surface area contributed by atoms with Crippen molar-refractivity contribution < 1.29 is 4.79 Å². The second kappa shape index (κ2) is 4.64. The minimum absolute atomic E-state index is 0.374. The number of alkyl halides is 2. The Morgan fingerprint density at radius 1 is 1.50 bits per heavy atom. The van der Waals surface area contributed by atoms with Crippen LogP contribution in [0.1, 0.15) is 5.56 Å². The second-order valence-electron chi connectivity index (χ2n) is 2.78. The van der Waals surface area contributed by atoms with E-state index in [0.717, 1.165) is 0 Å². The third-order valence-electron chi connectivity index (χ3n) is 1.88. The minimum Gasteiger partial charge on any atom is -0.368 e. The van der Waals surface area contributed by atoms with Crippen LogP contribution in [-0.4, -0.2) is 11.2 Å². The number of carbonyl (C=O) groups excluding carboxylic acids is 1. The van der Waals surface area contributed by atoms with Crippen LogP contribution in [-0.2, 0) is 9.12 Å². The molecule has 0 saturated carbocycles. The van der Waals surface area contributed by atoms with Gasteiger partial charge in [-0.15, -0.1) is 0 Å². The first kappa shape index (κ1) is 12.0. The molecule has 76 valence electrons. The van der Waals surface area contributed by atoms with Gasteiger partial charge in [-0.3, -0.25) is 4.79 Å². The summed E-state index contributed by atoms with van der Waals surface area (Å²) in [5, 5.41) is 0.890. The zero-order valence-corrected chi connectivity index (χ0v) is 11.1. The molecule has 1 aromatic rings. The highest BCUT2D eigenvalue weighted by Gasteiger charge is 2.36. The van der Waals surface area contributed by atoms with Crippen molar-refractivity contribution in [3.63, 3.8) is 0 Å². The van der Waals surface area contributed by atoms with E-state index in [0.29, 0.717) is 15.9 Å². The lowest BCUT2D eigenvalue weighted by Gasteiger charge is -2.22. The topological polar surface area (TPSA) is 43.1 Å². The number of carbonyl (C=O) groups is 1. The number of benzene rings is 1. The predicted octanol–water partition coefficient (Wildman–Crippen LogP) is 2.81. The normalized spacial score (nSPS) is 14.8. The van der Waals surface area contributed by atoms with Gasteiger partial charge in [0.25, 0.3) is 0 Å². The molecule has 0 aliphatic heterocycles. The molecule has 1 atom stereocenters. The summed E-state index contributed by atoms with van der Waals surface area (Å²) in [6.07, 6.45) is 0. The van der Waals surface area contributed by atoms with E-state index in [-0.39, 0.29) is 0 Å². The molecule has 0 saturated heterocycles. The minimum atomic E-state index is -0.939. The number of primary amides is 1. The van der Waals surface area contributed by atoms with Gasteiger partial charge in [0.05, 0.1) is 0 Å². The van der Waals surface area contributed by atoms with Crippen molar-refractivity contribution in [2.75, 3.05) is 5.33 Å². The highest BCUT2D eigenvalue weighted by atomic mass is 79.9. The Labute approximate surface area is 104 Å². The number of amides is 1. The van der Waals surface area contributed by atoms with Crippen LogP contribution in [0, 0.1) is 0 Å². The van der Waals surface area contributed by atoms with E-state index in [1.165, 1.54) is 0 Å². The van der Waals surface area contributed by atoms with Crippen LogP contribution in [0.25, 0.3) is 0 Å². The molecule has 2 nitrogen and oxygen atoms in total. The largest absolute Gasteiger partial charge is 0.368 e. The van der Waals surface area contributed by atoms with E-state index in [9.17, 15) is 4.79 Å². The lowest BCUT2D eigenvalue weighted by molar-refractivity contribution is -0.119. The molecule has 0 aliphatic rings. The second-order valence-corrected chi connectivity index (χ2v) is 5.10. The molecular formula is C9H8Br2ClNO. The summed E-state index contributed by atoms with van der Waals surface area (Å²) in [7, 11) is 0. The molecule has 0 spiro atoms. The average molecular weight is 341 g/mol. The number of rotatable bonds is 3. The van der Waals surface area contributed by atoms with E-state index in [2.05, 4.69) is 31.9 Å². The summed E-state index contributed by atoms with van der Waals surface area (Å²) in [4.78, 5) is 11.3. The van der Waals surface area contributed by atoms with Gasteiger partial charge in [-0.25, -0.2) is 0 Å². The van der Waals surface area contributed by atoms with Crippen LogP contribution in [0.4, 0.5) is 0 Å². The fourth-order valence-electron chi connectivity index (χ4n) is 1.05. The van der Waals surface area contributed by atoms with Gasteiger partial charge in [-0.05, 0) is 11.6 Å². The number of halogens is 3. The summed E-state index contributed by atoms with van der Waals surface area (Å²) in [6, 6.07) is 7.10. The highest BCUT2D eigenvalue weighted by Crippen LogP contribution is 2.37. The Bertz CT molecular complexity index is 358. The average Bonchev–Trinajstić information content (AvgIpc) is 2.17. The van der Waals surface area contributed by atoms with Crippen LogP contribution in [0.3, 0.4) is 0 Å². The zero-order chi connectivity index (χ0) is 10.8. The first-order chi connectivity index (χ1) is 6.52. The number of nitrogens with two attached hydrogens (primary N) is 1. The van der Waals surface area contributed by atoms with Crippen LogP contribution in [0.2, 0.25) is 5.02 Å². The fourth-order valence-corrected chi connectivity index (χ4v) is 2.39. The molecule has 0 bridgehead atoms. The van der Waals surface area contributed by atoms with Gasteiger partial charge in [0.1, 0.15) is 4.32 Å². The van der Waals surface area contributed by atoms with E-state index in [1.807, 2.05) is 6.07 Å². The van der Waals surface area contributed by atoms with Crippen LogP contribution >= 0.6 is 43.5 Å². The third kappa shape index (κ3) is 2.12. The van der Waals surface area contributed by atoms with Crippen LogP contribution in [0.5, 0.6) is 0 Å². The van der Waals surface area contributed by atoms with Gasteiger partial charge < -0.3 is 5.73 Å². The Kier molecular flexibility index (Phi) is 3.98. The van der Waals surface area contributed by atoms with E-state index in [4.69, 9.17) is 17.3 Å². The maximum Gasteiger partial charge on any atom is 0.239 e. The fraction of sp³-hybridized carbons (Fsp3) is 0.222. The quantitative estimate of drug-likeness (QED) is 0.844. The summed E-state index contributed by atoms with van der Waals surface area (Å²) < 4.78 is -0.939. The molecule has 1 aromatic carbocycles. The number of hydrogen-bond donors (Lipinski definition) is 1. The van der Waals surface area contributed by atoms with Crippen molar-refractivity contribution in [1.29, 1.82) is 0 Å². The van der Waals surface area contributed by atoms with Crippen molar-refractivity contribution in [2.24, 2.45) is 5.73 Å². The van der Waals surface area contributed by atoms with E-state index in [1.54, 1.807) is 18.2 Å². The van der Waals surface area contributed by atoms with Gasteiger partial charge in [-0.2, -0.15) is 0 Å². The molecular weight excluding hydrogens is 333 g/mol. The standard InChI is InChI=1S/C9H8Br2ClNO/c10-5-9(11,8(13)14)6-3-1-2-4-7(6)12/h1-4H,5H2,(H2,13,14). The maximum atomic E-state index is 11.3. The van der Waals surface area contributed by atoms with Gasteiger partial charge in [0.2, 0.25) is 5.91 Å². The first-order valence-corrected chi connectivity index (χ1v) is 6.11. The van der Waals surface area contributed by atoms with Crippen molar-refractivity contribution in [3.05, 3.63) is 34.9 Å². The number of hydrogen-bond acceptors (Lipinski definition) is 1. The maximum absolute atomic E-state index is 11.3. The molecule has 2 N–H and O–H groups in total.